The van der Waals surface area contributed by atoms with Crippen LogP contribution in [0.3, 0.4) is 0 Å². The Bertz CT molecular complexity index is 557. The van der Waals surface area contributed by atoms with E-state index >= 15 is 0 Å². The molecule has 0 saturated carbocycles. The van der Waals surface area contributed by atoms with Crippen molar-refractivity contribution < 1.29 is 27.5 Å². The monoisotopic (exact) mass is 332 g/mol. The van der Waals surface area contributed by atoms with Crippen molar-refractivity contribution in [3.8, 4) is 0 Å². The van der Waals surface area contributed by atoms with Gasteiger partial charge in [0.05, 0.1) is 5.56 Å². The van der Waals surface area contributed by atoms with E-state index in [4.69, 9.17) is 0 Å². The second kappa shape index (κ2) is 7.36. The van der Waals surface area contributed by atoms with Gasteiger partial charge in [-0.2, -0.15) is 13.2 Å². The second-order valence-electron chi connectivity index (χ2n) is 4.97. The minimum absolute atomic E-state index is 0.0375. The fourth-order valence-corrected chi connectivity index (χ4v) is 2.01. The van der Waals surface area contributed by atoms with Crippen LogP contribution in [0.1, 0.15) is 23.2 Å². The summed E-state index contributed by atoms with van der Waals surface area (Å²) in [4.78, 5) is 29.9. The summed E-state index contributed by atoms with van der Waals surface area (Å²) in [6.07, 6.45) is -0.632. The van der Waals surface area contributed by atoms with E-state index in [2.05, 4.69) is 25.3 Å². The molecule has 0 unspecified atom stereocenters. The number of nitrogens with one attached hydrogen (secondary N) is 2. The highest BCUT2D eigenvalue weighted by Crippen LogP contribution is 2.16. The minimum atomic E-state index is -5.13. The number of Topliss-reactive ketones (excluding diaryl/α,β-unsaturated/α-hetero) is 1. The van der Waals surface area contributed by atoms with Crippen LogP contribution in [0, 0.1) is 0 Å². The third kappa shape index (κ3) is 5.16. The van der Waals surface area contributed by atoms with Crippen LogP contribution < -0.4 is 10.6 Å². The molecule has 1 fully saturated rings. The van der Waals surface area contributed by atoms with Crippen molar-refractivity contribution in [1.82, 2.24) is 15.3 Å². The average molecular weight is 332 g/mol. The normalized spacial score (nSPS) is 17.8. The van der Waals surface area contributed by atoms with Crippen LogP contribution in [0.25, 0.3) is 0 Å². The van der Waals surface area contributed by atoms with Gasteiger partial charge in [-0.25, -0.2) is 14.8 Å². The molecule has 0 bridgehead atoms. The molecule has 0 aromatic carbocycles. The Hall–Kier alpha value is -2.23. The molecule has 1 atom stereocenters. The number of ketones is 1. The third-order valence-electron chi connectivity index (χ3n) is 3.21. The van der Waals surface area contributed by atoms with Crippen molar-refractivity contribution in [3.05, 3.63) is 18.0 Å². The molecule has 1 aliphatic heterocycles. The predicted octanol–water partition coefficient (Wildman–Crippen LogP) is 0.929. The number of alkyl halides is 3. The van der Waals surface area contributed by atoms with Crippen molar-refractivity contribution in [2.75, 3.05) is 25.0 Å². The zero-order valence-corrected chi connectivity index (χ0v) is 12.0. The summed E-state index contributed by atoms with van der Waals surface area (Å²) >= 11 is 0. The number of anilines is 1. The Kier molecular flexibility index (Phi) is 5.48. The van der Waals surface area contributed by atoms with Crippen molar-refractivity contribution in [1.29, 1.82) is 0 Å². The van der Waals surface area contributed by atoms with E-state index in [1.165, 1.54) is 12.4 Å². The van der Waals surface area contributed by atoms with E-state index in [1.54, 1.807) is 0 Å². The van der Waals surface area contributed by atoms with E-state index in [0.717, 1.165) is 19.4 Å². The Labute approximate surface area is 129 Å². The molecule has 0 amide bonds. The lowest BCUT2D eigenvalue weighted by atomic mass is 10.2. The first-order valence-electron chi connectivity index (χ1n) is 6.92. The highest BCUT2D eigenvalue weighted by Gasteiger charge is 2.41. The lowest BCUT2D eigenvalue weighted by Gasteiger charge is -2.11. The van der Waals surface area contributed by atoms with Gasteiger partial charge in [-0.1, -0.05) is 0 Å². The Morgan fingerprint density at radius 3 is 2.61 bits per heavy atom. The van der Waals surface area contributed by atoms with E-state index < -0.39 is 24.5 Å². The number of aromatic nitrogens is 2. The van der Waals surface area contributed by atoms with Crippen molar-refractivity contribution >= 4 is 17.7 Å². The molecule has 1 aromatic rings. The maximum Gasteiger partial charge on any atom is 0.490 e. The summed E-state index contributed by atoms with van der Waals surface area (Å²) in [7, 11) is 0. The maximum atomic E-state index is 11.9. The first-order valence-corrected chi connectivity index (χ1v) is 6.92. The Balaban J connectivity index is 1.81. The number of esters is 1. The summed E-state index contributed by atoms with van der Waals surface area (Å²) in [6.45, 7) is 0.592. The molecule has 10 heteroatoms. The molecule has 0 radical (unpaired) electrons. The van der Waals surface area contributed by atoms with E-state index in [-0.39, 0.29) is 5.56 Å². The number of ether oxygens (including phenoxy) is 1. The topological polar surface area (TPSA) is 93.2 Å². The maximum absolute atomic E-state index is 11.9. The lowest BCUT2D eigenvalue weighted by molar-refractivity contribution is -0.198. The van der Waals surface area contributed by atoms with Gasteiger partial charge in [0.2, 0.25) is 11.7 Å². The Morgan fingerprint density at radius 2 is 2.04 bits per heavy atom. The Morgan fingerprint density at radius 1 is 1.35 bits per heavy atom. The smallest absolute Gasteiger partial charge is 0.451 e. The molecule has 2 N–H and O–H groups in total. The van der Waals surface area contributed by atoms with E-state index in [9.17, 15) is 22.8 Å². The molecule has 7 nitrogen and oxygen atoms in total. The van der Waals surface area contributed by atoms with Crippen molar-refractivity contribution in [2.45, 2.75) is 25.1 Å². The first-order chi connectivity index (χ1) is 10.9. The molecule has 1 aromatic heterocycles. The van der Waals surface area contributed by atoms with Gasteiger partial charge >= 0.3 is 12.1 Å². The molecular weight excluding hydrogens is 317 g/mol. The first kappa shape index (κ1) is 17.1. The minimum Gasteiger partial charge on any atom is -0.451 e. The third-order valence-corrected chi connectivity index (χ3v) is 3.21. The number of hydrogen-bond donors (Lipinski definition) is 2. The van der Waals surface area contributed by atoms with Crippen LogP contribution in [0.5, 0.6) is 0 Å². The van der Waals surface area contributed by atoms with Gasteiger partial charge in [0, 0.05) is 25.0 Å². The fourth-order valence-electron chi connectivity index (χ4n) is 2.01. The van der Waals surface area contributed by atoms with Gasteiger partial charge in [0.15, 0.2) is 6.61 Å². The molecule has 2 heterocycles. The molecule has 126 valence electrons. The van der Waals surface area contributed by atoms with Crippen LogP contribution >= 0.6 is 0 Å². The SMILES string of the molecule is O=C(COC(=O)C(F)(F)F)c1cnc(NC[C@@H]2CCCN2)nc1. The van der Waals surface area contributed by atoms with Crippen LogP contribution in [-0.4, -0.2) is 53.6 Å². The molecule has 0 aliphatic carbocycles. The van der Waals surface area contributed by atoms with Crippen LogP contribution in [0.2, 0.25) is 0 Å². The second-order valence-corrected chi connectivity index (χ2v) is 4.97. The molecule has 1 aliphatic rings. The number of carbonyl (C=O) groups excluding carboxylic acids is 2. The van der Waals surface area contributed by atoms with Crippen LogP contribution in [-0.2, 0) is 9.53 Å². The molecular formula is C13H15F3N4O3. The molecule has 23 heavy (non-hydrogen) atoms. The van der Waals surface area contributed by atoms with Gasteiger partial charge in [0.25, 0.3) is 0 Å². The lowest BCUT2D eigenvalue weighted by Crippen LogP contribution is -2.29. The number of carbonyl (C=O) groups is 2. The number of hydrogen-bond acceptors (Lipinski definition) is 7. The largest absolute Gasteiger partial charge is 0.490 e. The summed E-state index contributed by atoms with van der Waals surface area (Å²) in [5, 5.41) is 6.28. The van der Waals surface area contributed by atoms with Crippen LogP contribution in [0.15, 0.2) is 12.4 Å². The fraction of sp³-hybridized carbons (Fsp3) is 0.538. The molecule has 2 rings (SSSR count). The quantitative estimate of drug-likeness (QED) is 0.591. The van der Waals surface area contributed by atoms with Gasteiger partial charge < -0.3 is 15.4 Å². The van der Waals surface area contributed by atoms with Crippen molar-refractivity contribution in [2.24, 2.45) is 0 Å². The van der Waals surface area contributed by atoms with E-state index in [1.807, 2.05) is 0 Å². The van der Waals surface area contributed by atoms with Crippen LogP contribution in [0.4, 0.5) is 19.1 Å². The molecule has 0 spiro atoms. The molecule has 1 saturated heterocycles. The zero-order valence-electron chi connectivity index (χ0n) is 12.0. The van der Waals surface area contributed by atoms with Gasteiger partial charge in [0.1, 0.15) is 0 Å². The summed E-state index contributed by atoms with van der Waals surface area (Å²) in [5.74, 6) is -2.91. The number of nitrogens with zero attached hydrogens (tertiary/aromatic N) is 2. The summed E-state index contributed by atoms with van der Waals surface area (Å²) < 4.78 is 39.7. The summed E-state index contributed by atoms with van der Waals surface area (Å²) in [5.41, 5.74) is -0.0375. The van der Waals surface area contributed by atoms with Crippen molar-refractivity contribution in [3.63, 3.8) is 0 Å². The number of rotatable bonds is 6. The number of halogens is 3. The van der Waals surface area contributed by atoms with E-state index in [0.29, 0.717) is 18.5 Å². The summed E-state index contributed by atoms with van der Waals surface area (Å²) in [6, 6.07) is 0.335. The van der Waals surface area contributed by atoms with Gasteiger partial charge in [-0.05, 0) is 19.4 Å². The average Bonchev–Trinajstić information content (AvgIpc) is 3.03. The van der Waals surface area contributed by atoms with Gasteiger partial charge in [-0.3, -0.25) is 4.79 Å². The predicted molar refractivity (Wildman–Crippen MR) is 72.9 cm³/mol. The highest BCUT2D eigenvalue weighted by atomic mass is 19.4. The highest BCUT2D eigenvalue weighted by molar-refractivity contribution is 5.97. The standard InChI is InChI=1S/C13H15F3N4O3/c14-13(15,16)11(22)23-7-10(21)8-4-18-12(19-5-8)20-6-9-2-1-3-17-9/h4-5,9,17H,1-3,6-7H2,(H,18,19,20)/t9-/m0/s1. The van der Waals surface area contributed by atoms with Gasteiger partial charge in [-0.15, -0.1) is 0 Å². The zero-order chi connectivity index (χ0) is 16.9.